The van der Waals surface area contributed by atoms with Gasteiger partial charge in [0.2, 0.25) is 0 Å². The van der Waals surface area contributed by atoms with Crippen LogP contribution in [0, 0.1) is 34.6 Å². The van der Waals surface area contributed by atoms with E-state index in [-0.39, 0.29) is 11.8 Å². The summed E-state index contributed by atoms with van der Waals surface area (Å²) in [6.45, 7) is 10.3. The van der Waals surface area contributed by atoms with Crippen molar-refractivity contribution < 1.29 is 9.59 Å². The van der Waals surface area contributed by atoms with Crippen LogP contribution in [0.2, 0.25) is 0 Å². The average molecular weight is 595 g/mol. The van der Waals surface area contributed by atoms with E-state index < -0.39 is 0 Å². The maximum absolute atomic E-state index is 13.8. The molecule has 2 aromatic carbocycles. The Kier molecular flexibility index (Phi) is 7.68. The Hall–Kier alpha value is -3.88. The van der Waals surface area contributed by atoms with Crippen LogP contribution in [0.15, 0.2) is 58.4 Å². The van der Waals surface area contributed by atoms with E-state index in [1.54, 1.807) is 11.3 Å². The van der Waals surface area contributed by atoms with Crippen molar-refractivity contribution in [3.63, 3.8) is 0 Å². The molecule has 0 radical (unpaired) electrons. The van der Waals surface area contributed by atoms with Gasteiger partial charge in [-0.15, -0.1) is 11.3 Å². The number of rotatable bonds is 5. The molecule has 0 spiro atoms. The standard InChI is InChI=1S/C34H34N4O2S2/c1-19-13-15-25(16-14-19)35-32(40)30-26-10-6-7-12-28(26)41-33(30)38-21(3)17-24(23(38)5)18-29-31(39)37-34(42-29)36-27-11-8-9-20(2)22(27)4/h8-9,11,13-18H,6-7,10,12H2,1-5H3,(H,35,40)(H,36,37,39)/b29-18-. The second kappa shape index (κ2) is 11.4. The molecule has 6 nitrogen and oxygen atoms in total. The van der Waals surface area contributed by atoms with E-state index >= 15 is 0 Å². The van der Waals surface area contributed by atoms with Crippen molar-refractivity contribution in [2.24, 2.45) is 4.99 Å². The number of fused-ring (bicyclic) bond motifs is 1. The zero-order valence-corrected chi connectivity index (χ0v) is 26.2. The summed E-state index contributed by atoms with van der Waals surface area (Å²) in [5.41, 5.74) is 9.98. The van der Waals surface area contributed by atoms with E-state index in [2.05, 4.69) is 48.1 Å². The second-order valence-corrected chi connectivity index (χ2v) is 13.2. The SMILES string of the molecule is Cc1ccc(NC(=O)c2c(-n3c(C)cc(/C=C4\SC(=Nc5cccc(C)c5C)NC4=O)c3C)sc3c2CCCC3)cc1. The van der Waals surface area contributed by atoms with Crippen molar-refractivity contribution in [2.75, 3.05) is 5.32 Å². The van der Waals surface area contributed by atoms with E-state index in [4.69, 9.17) is 4.99 Å². The molecule has 1 aliphatic carbocycles. The number of thioether (sulfide) groups is 1. The van der Waals surface area contributed by atoms with Gasteiger partial charge in [-0.2, -0.15) is 0 Å². The maximum Gasteiger partial charge on any atom is 0.264 e. The topological polar surface area (TPSA) is 75.5 Å². The minimum Gasteiger partial charge on any atom is -0.322 e. The van der Waals surface area contributed by atoms with Gasteiger partial charge in [0.15, 0.2) is 5.17 Å². The lowest BCUT2D eigenvalue weighted by molar-refractivity contribution is -0.115. The van der Waals surface area contributed by atoms with Crippen LogP contribution in [0.4, 0.5) is 11.4 Å². The van der Waals surface area contributed by atoms with Crippen molar-refractivity contribution in [3.05, 3.63) is 103 Å². The van der Waals surface area contributed by atoms with Crippen LogP contribution in [0.1, 0.15) is 67.3 Å². The fourth-order valence-corrected chi connectivity index (χ4v) is 7.93. The smallest absolute Gasteiger partial charge is 0.264 e. The largest absolute Gasteiger partial charge is 0.322 e. The predicted molar refractivity (Wildman–Crippen MR) is 176 cm³/mol. The molecule has 1 aliphatic heterocycles. The summed E-state index contributed by atoms with van der Waals surface area (Å²) in [5, 5.41) is 7.60. The van der Waals surface area contributed by atoms with Gasteiger partial charge >= 0.3 is 0 Å². The number of nitrogens with zero attached hydrogens (tertiary/aromatic N) is 2. The molecule has 214 valence electrons. The summed E-state index contributed by atoms with van der Waals surface area (Å²) in [5.74, 6) is -0.225. The van der Waals surface area contributed by atoms with E-state index in [9.17, 15) is 9.59 Å². The first-order valence-electron chi connectivity index (χ1n) is 14.3. The highest BCUT2D eigenvalue weighted by molar-refractivity contribution is 8.18. The molecule has 0 atom stereocenters. The maximum atomic E-state index is 13.8. The van der Waals surface area contributed by atoms with E-state index in [0.29, 0.717) is 10.1 Å². The molecule has 8 heteroatoms. The number of hydrogen-bond acceptors (Lipinski definition) is 5. The molecule has 2 aromatic heterocycles. The number of carbonyl (C=O) groups excluding carboxylic acids is 2. The minimum absolute atomic E-state index is 0.0707. The summed E-state index contributed by atoms with van der Waals surface area (Å²) in [6, 6.07) is 16.0. The van der Waals surface area contributed by atoms with Crippen LogP contribution in [-0.2, 0) is 17.6 Å². The van der Waals surface area contributed by atoms with Gasteiger partial charge in [0, 0.05) is 22.0 Å². The van der Waals surface area contributed by atoms with Gasteiger partial charge in [0.1, 0.15) is 5.00 Å². The molecule has 2 N–H and O–H groups in total. The third kappa shape index (κ3) is 5.37. The molecule has 3 heterocycles. The van der Waals surface area contributed by atoms with Gasteiger partial charge in [-0.25, -0.2) is 4.99 Å². The number of aryl methyl sites for hydroxylation is 4. The second-order valence-electron chi connectivity index (χ2n) is 11.1. The lowest BCUT2D eigenvalue weighted by atomic mass is 9.95. The highest BCUT2D eigenvalue weighted by atomic mass is 32.2. The number of amides is 2. The summed E-state index contributed by atoms with van der Waals surface area (Å²) in [4.78, 5) is 33.4. The molecule has 1 saturated heterocycles. The highest BCUT2D eigenvalue weighted by Gasteiger charge is 2.29. The van der Waals surface area contributed by atoms with Crippen molar-refractivity contribution in [3.8, 4) is 5.00 Å². The Bertz CT molecular complexity index is 1790. The average Bonchev–Trinajstić information content (AvgIpc) is 3.60. The minimum atomic E-state index is -0.154. The molecule has 4 aromatic rings. The lowest BCUT2D eigenvalue weighted by Crippen LogP contribution is -2.19. The first kappa shape index (κ1) is 28.2. The van der Waals surface area contributed by atoms with Gasteiger partial charge in [0.25, 0.3) is 11.8 Å². The predicted octanol–water partition coefficient (Wildman–Crippen LogP) is 8.10. The molecular formula is C34H34N4O2S2. The number of aromatic nitrogens is 1. The molecule has 0 saturated carbocycles. The van der Waals surface area contributed by atoms with Gasteiger partial charge in [0.05, 0.1) is 16.2 Å². The monoisotopic (exact) mass is 594 g/mol. The van der Waals surface area contributed by atoms with Crippen LogP contribution in [0.3, 0.4) is 0 Å². The van der Waals surface area contributed by atoms with E-state index in [1.165, 1.54) is 22.2 Å². The number of amidine groups is 1. The first-order valence-corrected chi connectivity index (χ1v) is 15.9. The molecule has 1 fully saturated rings. The number of carbonyl (C=O) groups is 2. The summed E-state index contributed by atoms with van der Waals surface area (Å²) >= 11 is 3.08. The fraction of sp³-hybridized carbons (Fsp3) is 0.265. The number of anilines is 1. The molecule has 2 amide bonds. The zero-order chi connectivity index (χ0) is 29.5. The Morgan fingerprint density at radius 2 is 1.79 bits per heavy atom. The highest BCUT2D eigenvalue weighted by Crippen LogP contribution is 2.40. The summed E-state index contributed by atoms with van der Waals surface area (Å²) in [6.07, 6.45) is 6.08. The van der Waals surface area contributed by atoms with E-state index in [0.717, 1.165) is 81.3 Å². The van der Waals surface area contributed by atoms with Gasteiger partial charge < -0.3 is 15.2 Å². The van der Waals surface area contributed by atoms with Crippen molar-refractivity contribution in [1.29, 1.82) is 0 Å². The molecule has 2 aliphatic rings. The number of hydrogen-bond donors (Lipinski definition) is 2. The van der Waals surface area contributed by atoms with Crippen LogP contribution in [0.25, 0.3) is 11.1 Å². The molecule has 42 heavy (non-hydrogen) atoms. The number of thiophene rings is 1. The third-order valence-electron chi connectivity index (χ3n) is 8.10. The molecular weight excluding hydrogens is 561 g/mol. The number of nitrogens with one attached hydrogen (secondary N) is 2. The lowest BCUT2D eigenvalue weighted by Gasteiger charge is -2.14. The van der Waals surface area contributed by atoms with Crippen LogP contribution >= 0.6 is 23.1 Å². The van der Waals surface area contributed by atoms with Gasteiger partial charge in [-0.1, -0.05) is 29.8 Å². The normalized spacial score (nSPS) is 16.6. The first-order chi connectivity index (χ1) is 20.2. The van der Waals surface area contributed by atoms with Crippen LogP contribution < -0.4 is 10.6 Å². The van der Waals surface area contributed by atoms with E-state index in [1.807, 2.05) is 56.3 Å². The molecule has 0 bridgehead atoms. The Morgan fingerprint density at radius 3 is 2.57 bits per heavy atom. The summed E-state index contributed by atoms with van der Waals surface area (Å²) in [7, 11) is 0. The van der Waals surface area contributed by atoms with Crippen molar-refractivity contribution in [1.82, 2.24) is 9.88 Å². The number of aliphatic imine (C=N–C) groups is 1. The van der Waals surface area contributed by atoms with Crippen LogP contribution in [0.5, 0.6) is 0 Å². The fourth-order valence-electron chi connectivity index (χ4n) is 5.61. The van der Waals surface area contributed by atoms with Crippen molar-refractivity contribution in [2.45, 2.75) is 60.3 Å². The summed E-state index contributed by atoms with van der Waals surface area (Å²) < 4.78 is 2.18. The molecule has 6 rings (SSSR count). The van der Waals surface area contributed by atoms with Crippen LogP contribution in [-0.4, -0.2) is 21.5 Å². The Morgan fingerprint density at radius 1 is 1.02 bits per heavy atom. The van der Waals surface area contributed by atoms with Gasteiger partial charge in [-0.3, -0.25) is 9.59 Å². The quantitative estimate of drug-likeness (QED) is 0.229. The van der Waals surface area contributed by atoms with Crippen molar-refractivity contribution >= 4 is 57.5 Å². The Labute approximate surface area is 255 Å². The molecule has 0 unspecified atom stereocenters. The third-order valence-corrected chi connectivity index (χ3v) is 10.3. The van der Waals surface area contributed by atoms with Gasteiger partial charge in [-0.05, 0) is 125 Å². The number of benzene rings is 2. The zero-order valence-electron chi connectivity index (χ0n) is 24.6. The Balaban J connectivity index is 1.35.